The lowest BCUT2D eigenvalue weighted by Gasteiger charge is -2.09. The average Bonchev–Trinajstić information content (AvgIpc) is 2.88. The number of aryl methyl sites for hydroxylation is 2. The zero-order valence-corrected chi connectivity index (χ0v) is 15.2. The number of rotatable bonds is 5. The van der Waals surface area contributed by atoms with E-state index in [1.54, 1.807) is 36.9 Å². The molecule has 1 heterocycles. The van der Waals surface area contributed by atoms with Gasteiger partial charge in [-0.05, 0) is 38.1 Å². The number of hydrogen-bond acceptors (Lipinski definition) is 5. The Labute approximate surface area is 156 Å². The van der Waals surface area contributed by atoms with Crippen LogP contribution in [0.25, 0.3) is 0 Å². The third-order valence-electron chi connectivity index (χ3n) is 4.26. The molecule has 0 radical (unpaired) electrons. The van der Waals surface area contributed by atoms with Gasteiger partial charge in [-0.1, -0.05) is 18.2 Å². The molecule has 0 atom stereocenters. The molecule has 2 N–H and O–H groups in total. The van der Waals surface area contributed by atoms with Crippen molar-refractivity contribution in [2.45, 2.75) is 13.8 Å². The van der Waals surface area contributed by atoms with Gasteiger partial charge in [0.15, 0.2) is 0 Å². The van der Waals surface area contributed by atoms with Crippen LogP contribution < -0.4 is 10.6 Å². The van der Waals surface area contributed by atoms with Gasteiger partial charge in [0.05, 0.1) is 22.0 Å². The van der Waals surface area contributed by atoms with E-state index in [4.69, 9.17) is 0 Å². The van der Waals surface area contributed by atoms with Gasteiger partial charge in [0, 0.05) is 24.4 Å². The fraction of sp³-hybridized carbons (Fsp3) is 0.158. The second kappa shape index (κ2) is 7.28. The van der Waals surface area contributed by atoms with Crippen molar-refractivity contribution >= 4 is 28.7 Å². The summed E-state index contributed by atoms with van der Waals surface area (Å²) in [7, 11) is 1.78. The van der Waals surface area contributed by atoms with Crippen molar-refractivity contribution in [1.29, 1.82) is 0 Å². The van der Waals surface area contributed by atoms with Crippen molar-refractivity contribution in [2.75, 3.05) is 10.6 Å². The molecule has 0 aliphatic carbocycles. The van der Waals surface area contributed by atoms with Crippen LogP contribution in [0.2, 0.25) is 0 Å². The first-order valence-electron chi connectivity index (χ1n) is 8.29. The summed E-state index contributed by atoms with van der Waals surface area (Å²) in [6.45, 7) is 3.63. The van der Waals surface area contributed by atoms with Gasteiger partial charge in [0.1, 0.15) is 5.69 Å². The van der Waals surface area contributed by atoms with E-state index in [0.29, 0.717) is 17.1 Å². The van der Waals surface area contributed by atoms with Crippen LogP contribution >= 0.6 is 0 Å². The number of nitro groups is 1. The SMILES string of the molecule is Cc1nn(C)c(C)c1NC(=O)c1ccc(Nc2ccccc2)c([N+](=O)[O-])c1. The smallest absolute Gasteiger partial charge is 0.293 e. The summed E-state index contributed by atoms with van der Waals surface area (Å²) >= 11 is 0. The first-order chi connectivity index (χ1) is 12.9. The maximum atomic E-state index is 12.6. The standard InChI is InChI=1S/C19H19N5O3/c1-12-18(13(2)23(3)22-12)21-19(25)14-9-10-16(17(11-14)24(26)27)20-15-7-5-4-6-8-15/h4-11,20H,1-3H3,(H,21,25). The number of benzene rings is 2. The number of para-hydroxylation sites is 1. The fourth-order valence-electron chi connectivity index (χ4n) is 2.75. The van der Waals surface area contributed by atoms with E-state index >= 15 is 0 Å². The number of aromatic nitrogens is 2. The second-order valence-corrected chi connectivity index (χ2v) is 6.10. The Hall–Kier alpha value is -3.68. The molecule has 1 aromatic heterocycles. The number of nitrogens with one attached hydrogen (secondary N) is 2. The monoisotopic (exact) mass is 365 g/mol. The fourth-order valence-corrected chi connectivity index (χ4v) is 2.75. The Morgan fingerprint density at radius 1 is 1.15 bits per heavy atom. The summed E-state index contributed by atoms with van der Waals surface area (Å²) in [6.07, 6.45) is 0. The van der Waals surface area contributed by atoms with Crippen molar-refractivity contribution in [3.8, 4) is 0 Å². The highest BCUT2D eigenvalue weighted by Gasteiger charge is 2.19. The largest absolute Gasteiger partial charge is 0.350 e. The molecule has 1 amide bonds. The summed E-state index contributed by atoms with van der Waals surface area (Å²) in [4.78, 5) is 23.5. The Balaban J connectivity index is 1.89. The Morgan fingerprint density at radius 2 is 1.85 bits per heavy atom. The molecule has 3 aromatic rings. The number of anilines is 3. The molecule has 138 valence electrons. The van der Waals surface area contributed by atoms with Crippen molar-refractivity contribution < 1.29 is 9.72 Å². The van der Waals surface area contributed by atoms with E-state index in [0.717, 1.165) is 11.4 Å². The maximum Gasteiger partial charge on any atom is 0.293 e. The van der Waals surface area contributed by atoms with Gasteiger partial charge in [-0.3, -0.25) is 19.6 Å². The highest BCUT2D eigenvalue weighted by molar-refractivity contribution is 6.05. The van der Waals surface area contributed by atoms with Crippen LogP contribution in [-0.4, -0.2) is 20.6 Å². The van der Waals surface area contributed by atoms with Gasteiger partial charge in [-0.2, -0.15) is 5.10 Å². The molecule has 0 saturated heterocycles. The third-order valence-corrected chi connectivity index (χ3v) is 4.26. The highest BCUT2D eigenvalue weighted by Crippen LogP contribution is 2.29. The lowest BCUT2D eigenvalue weighted by atomic mass is 10.1. The minimum Gasteiger partial charge on any atom is -0.350 e. The molecule has 0 saturated carbocycles. The topological polar surface area (TPSA) is 102 Å². The number of carbonyl (C=O) groups excluding carboxylic acids is 1. The zero-order valence-electron chi connectivity index (χ0n) is 15.2. The highest BCUT2D eigenvalue weighted by atomic mass is 16.6. The molecular weight excluding hydrogens is 346 g/mol. The average molecular weight is 365 g/mol. The molecule has 0 unspecified atom stereocenters. The second-order valence-electron chi connectivity index (χ2n) is 6.10. The number of amides is 1. The van der Waals surface area contributed by atoms with Crippen LogP contribution in [0, 0.1) is 24.0 Å². The summed E-state index contributed by atoms with van der Waals surface area (Å²) in [5, 5.41) is 21.5. The summed E-state index contributed by atoms with van der Waals surface area (Å²) in [5.41, 5.74) is 3.15. The summed E-state index contributed by atoms with van der Waals surface area (Å²) < 4.78 is 1.67. The molecule has 0 aliphatic heterocycles. The van der Waals surface area contributed by atoms with Gasteiger partial charge >= 0.3 is 0 Å². The minimum atomic E-state index is -0.511. The molecule has 0 spiro atoms. The van der Waals surface area contributed by atoms with E-state index in [1.807, 2.05) is 25.1 Å². The summed E-state index contributed by atoms with van der Waals surface area (Å²) in [6, 6.07) is 13.5. The van der Waals surface area contributed by atoms with Gasteiger partial charge in [0.2, 0.25) is 0 Å². The van der Waals surface area contributed by atoms with Crippen molar-refractivity contribution in [3.05, 3.63) is 75.6 Å². The van der Waals surface area contributed by atoms with Crippen molar-refractivity contribution in [1.82, 2.24) is 9.78 Å². The number of hydrogen-bond donors (Lipinski definition) is 2. The Kier molecular flexibility index (Phi) is 4.89. The van der Waals surface area contributed by atoms with E-state index in [9.17, 15) is 14.9 Å². The first kappa shape index (κ1) is 18.1. The number of carbonyl (C=O) groups is 1. The molecule has 2 aromatic carbocycles. The summed E-state index contributed by atoms with van der Waals surface area (Å²) in [5.74, 6) is -0.427. The van der Waals surface area contributed by atoms with Crippen LogP contribution in [0.4, 0.5) is 22.7 Å². The van der Waals surface area contributed by atoms with Crippen LogP contribution in [-0.2, 0) is 7.05 Å². The van der Waals surface area contributed by atoms with Crippen LogP contribution in [0.1, 0.15) is 21.7 Å². The van der Waals surface area contributed by atoms with E-state index in [1.165, 1.54) is 12.1 Å². The Morgan fingerprint density at radius 3 is 2.44 bits per heavy atom. The van der Waals surface area contributed by atoms with E-state index in [-0.39, 0.29) is 11.3 Å². The van der Waals surface area contributed by atoms with Crippen LogP contribution in [0.15, 0.2) is 48.5 Å². The molecule has 3 rings (SSSR count). The molecule has 0 aliphatic rings. The third kappa shape index (κ3) is 3.79. The molecule has 0 bridgehead atoms. The quantitative estimate of drug-likeness (QED) is 0.527. The predicted molar refractivity (Wildman–Crippen MR) is 103 cm³/mol. The van der Waals surface area contributed by atoms with Gasteiger partial charge < -0.3 is 10.6 Å². The van der Waals surface area contributed by atoms with Crippen molar-refractivity contribution in [3.63, 3.8) is 0 Å². The Bertz CT molecular complexity index is 1010. The van der Waals surface area contributed by atoms with Gasteiger partial charge in [-0.25, -0.2) is 0 Å². The van der Waals surface area contributed by atoms with Gasteiger partial charge in [-0.15, -0.1) is 0 Å². The zero-order chi connectivity index (χ0) is 19.6. The molecule has 27 heavy (non-hydrogen) atoms. The van der Waals surface area contributed by atoms with E-state index < -0.39 is 10.8 Å². The molecule has 8 nitrogen and oxygen atoms in total. The lowest BCUT2D eigenvalue weighted by Crippen LogP contribution is -2.13. The van der Waals surface area contributed by atoms with Crippen LogP contribution in [0.5, 0.6) is 0 Å². The predicted octanol–water partition coefficient (Wildman–Crippen LogP) is 3.94. The van der Waals surface area contributed by atoms with Crippen LogP contribution in [0.3, 0.4) is 0 Å². The number of nitrogens with zero attached hydrogens (tertiary/aromatic N) is 3. The minimum absolute atomic E-state index is 0.175. The molecule has 0 fully saturated rings. The molecule has 8 heteroatoms. The lowest BCUT2D eigenvalue weighted by molar-refractivity contribution is -0.383. The van der Waals surface area contributed by atoms with Crippen molar-refractivity contribution in [2.24, 2.45) is 7.05 Å². The molecular formula is C19H19N5O3. The maximum absolute atomic E-state index is 12.6. The van der Waals surface area contributed by atoms with E-state index in [2.05, 4.69) is 15.7 Å². The van der Waals surface area contributed by atoms with Gasteiger partial charge in [0.25, 0.3) is 11.6 Å². The number of nitro benzene ring substituents is 1. The first-order valence-corrected chi connectivity index (χ1v) is 8.29. The normalized spacial score (nSPS) is 10.5.